The summed E-state index contributed by atoms with van der Waals surface area (Å²) in [4.78, 5) is 7.18. The highest BCUT2D eigenvalue weighted by Gasteiger charge is 2.29. The van der Waals surface area contributed by atoms with Crippen molar-refractivity contribution in [2.45, 2.75) is 45.6 Å². The summed E-state index contributed by atoms with van der Waals surface area (Å²) in [6.45, 7) is 7.82. The zero-order valence-corrected chi connectivity index (χ0v) is 12.8. The lowest BCUT2D eigenvalue weighted by atomic mass is 10.1. The molecule has 3 rings (SSSR count). The molecule has 0 spiro atoms. The second-order valence-corrected chi connectivity index (χ2v) is 6.52. The van der Waals surface area contributed by atoms with Crippen molar-refractivity contribution in [2.24, 2.45) is 11.8 Å². The maximum Gasteiger partial charge on any atom is 0.128 e. The Balaban J connectivity index is 1.72. The van der Waals surface area contributed by atoms with Gasteiger partial charge in [0.1, 0.15) is 5.82 Å². The van der Waals surface area contributed by atoms with Crippen LogP contribution in [0.25, 0.3) is 0 Å². The van der Waals surface area contributed by atoms with Crippen molar-refractivity contribution in [3.8, 4) is 0 Å². The molecule has 0 amide bonds. The van der Waals surface area contributed by atoms with E-state index < -0.39 is 0 Å². The predicted octanol–water partition coefficient (Wildman–Crippen LogP) is 3.38. The molecule has 2 aliphatic rings. The SMILES string of the molecule is CCNC(C)c1ccnc(N(CC2CC2)CC2CC2)c1. The highest BCUT2D eigenvalue weighted by Crippen LogP contribution is 2.35. The summed E-state index contributed by atoms with van der Waals surface area (Å²) in [6.07, 6.45) is 7.62. The summed E-state index contributed by atoms with van der Waals surface area (Å²) in [5.74, 6) is 3.03. The molecule has 0 bridgehead atoms. The Hall–Kier alpha value is -1.09. The molecule has 2 saturated carbocycles. The van der Waals surface area contributed by atoms with Gasteiger partial charge in [0.05, 0.1) is 0 Å². The van der Waals surface area contributed by atoms with Crippen LogP contribution in [0.3, 0.4) is 0 Å². The monoisotopic (exact) mass is 273 g/mol. The largest absolute Gasteiger partial charge is 0.356 e. The van der Waals surface area contributed by atoms with E-state index in [2.05, 4.69) is 41.2 Å². The van der Waals surface area contributed by atoms with E-state index in [1.165, 1.54) is 50.2 Å². The molecule has 20 heavy (non-hydrogen) atoms. The lowest BCUT2D eigenvalue weighted by molar-refractivity contribution is 0.596. The van der Waals surface area contributed by atoms with Crippen LogP contribution < -0.4 is 10.2 Å². The molecule has 0 saturated heterocycles. The molecule has 3 nitrogen and oxygen atoms in total. The van der Waals surface area contributed by atoms with Crippen molar-refractivity contribution in [1.82, 2.24) is 10.3 Å². The standard InChI is InChI=1S/C17H27N3/c1-3-18-13(2)16-8-9-19-17(10-16)20(11-14-4-5-14)12-15-6-7-15/h8-10,13-15,18H,3-7,11-12H2,1-2H3. The molecule has 0 aromatic carbocycles. The summed E-state index contributed by atoms with van der Waals surface area (Å²) in [6, 6.07) is 4.84. The zero-order chi connectivity index (χ0) is 13.9. The number of nitrogens with zero attached hydrogens (tertiary/aromatic N) is 2. The highest BCUT2D eigenvalue weighted by molar-refractivity contribution is 5.42. The van der Waals surface area contributed by atoms with Crippen LogP contribution >= 0.6 is 0 Å². The van der Waals surface area contributed by atoms with E-state index in [0.29, 0.717) is 6.04 Å². The number of hydrogen-bond acceptors (Lipinski definition) is 3. The normalized spacial score (nSPS) is 19.9. The fourth-order valence-corrected chi connectivity index (χ4v) is 2.79. The van der Waals surface area contributed by atoms with Crippen LogP contribution in [-0.2, 0) is 0 Å². The molecule has 1 heterocycles. The van der Waals surface area contributed by atoms with Crippen LogP contribution in [0.1, 0.15) is 51.1 Å². The van der Waals surface area contributed by atoms with E-state index in [9.17, 15) is 0 Å². The zero-order valence-electron chi connectivity index (χ0n) is 12.8. The van der Waals surface area contributed by atoms with Gasteiger partial charge in [-0.2, -0.15) is 0 Å². The van der Waals surface area contributed by atoms with Crippen molar-refractivity contribution in [3.63, 3.8) is 0 Å². The van der Waals surface area contributed by atoms with E-state index in [4.69, 9.17) is 0 Å². The third-order valence-corrected chi connectivity index (χ3v) is 4.45. The van der Waals surface area contributed by atoms with Gasteiger partial charge in [0.25, 0.3) is 0 Å². The molecular formula is C17H27N3. The van der Waals surface area contributed by atoms with Crippen molar-refractivity contribution in [3.05, 3.63) is 23.9 Å². The fourth-order valence-electron chi connectivity index (χ4n) is 2.79. The van der Waals surface area contributed by atoms with E-state index >= 15 is 0 Å². The van der Waals surface area contributed by atoms with E-state index in [1.807, 2.05) is 6.20 Å². The van der Waals surface area contributed by atoms with Gasteiger partial charge >= 0.3 is 0 Å². The number of pyridine rings is 1. The van der Waals surface area contributed by atoms with Crippen molar-refractivity contribution in [2.75, 3.05) is 24.5 Å². The van der Waals surface area contributed by atoms with Gasteiger partial charge in [-0.05, 0) is 68.7 Å². The van der Waals surface area contributed by atoms with Gasteiger partial charge in [0.15, 0.2) is 0 Å². The van der Waals surface area contributed by atoms with E-state index in [1.54, 1.807) is 0 Å². The van der Waals surface area contributed by atoms with Crippen LogP contribution in [0, 0.1) is 11.8 Å². The fraction of sp³-hybridized carbons (Fsp3) is 0.706. The van der Waals surface area contributed by atoms with E-state index in [0.717, 1.165) is 18.4 Å². The molecule has 1 atom stereocenters. The summed E-state index contributed by atoms with van der Waals surface area (Å²) in [7, 11) is 0. The molecule has 3 heteroatoms. The first-order chi connectivity index (χ1) is 9.76. The number of anilines is 1. The molecule has 0 radical (unpaired) electrons. The Kier molecular flexibility index (Phi) is 4.25. The minimum atomic E-state index is 0.408. The van der Waals surface area contributed by atoms with Gasteiger partial charge in [0, 0.05) is 25.3 Å². The third-order valence-electron chi connectivity index (χ3n) is 4.45. The summed E-state index contributed by atoms with van der Waals surface area (Å²) < 4.78 is 0. The first-order valence-electron chi connectivity index (χ1n) is 8.20. The minimum Gasteiger partial charge on any atom is -0.356 e. The summed E-state index contributed by atoms with van der Waals surface area (Å²) >= 11 is 0. The Bertz CT molecular complexity index is 424. The van der Waals surface area contributed by atoms with Gasteiger partial charge in [-0.3, -0.25) is 0 Å². The molecular weight excluding hydrogens is 246 g/mol. The van der Waals surface area contributed by atoms with Crippen LogP contribution in [-0.4, -0.2) is 24.6 Å². The molecule has 2 aliphatic carbocycles. The number of hydrogen-bond donors (Lipinski definition) is 1. The smallest absolute Gasteiger partial charge is 0.128 e. The van der Waals surface area contributed by atoms with E-state index in [-0.39, 0.29) is 0 Å². The third kappa shape index (κ3) is 3.72. The molecule has 1 unspecified atom stereocenters. The number of aromatic nitrogens is 1. The Morgan fingerprint density at radius 1 is 1.25 bits per heavy atom. The van der Waals surface area contributed by atoms with Gasteiger partial charge in [-0.15, -0.1) is 0 Å². The maximum absolute atomic E-state index is 4.64. The topological polar surface area (TPSA) is 28.2 Å². The number of nitrogens with one attached hydrogen (secondary N) is 1. The second kappa shape index (κ2) is 6.13. The lowest BCUT2D eigenvalue weighted by Crippen LogP contribution is -2.29. The van der Waals surface area contributed by atoms with Crippen LogP contribution in [0.4, 0.5) is 5.82 Å². The average Bonchev–Trinajstić information content (AvgIpc) is 3.34. The van der Waals surface area contributed by atoms with Crippen LogP contribution in [0.15, 0.2) is 18.3 Å². The van der Waals surface area contributed by atoms with Gasteiger partial charge in [-0.25, -0.2) is 4.98 Å². The van der Waals surface area contributed by atoms with Crippen LogP contribution in [0.5, 0.6) is 0 Å². The highest BCUT2D eigenvalue weighted by atomic mass is 15.2. The second-order valence-electron chi connectivity index (χ2n) is 6.52. The molecule has 0 aliphatic heterocycles. The molecule has 1 N–H and O–H groups in total. The molecule has 1 aromatic heterocycles. The first-order valence-corrected chi connectivity index (χ1v) is 8.20. The Morgan fingerprint density at radius 3 is 2.45 bits per heavy atom. The lowest BCUT2D eigenvalue weighted by Gasteiger charge is -2.25. The Morgan fingerprint density at radius 2 is 1.90 bits per heavy atom. The van der Waals surface area contributed by atoms with Gasteiger partial charge in [-0.1, -0.05) is 6.92 Å². The quantitative estimate of drug-likeness (QED) is 0.787. The minimum absolute atomic E-state index is 0.408. The van der Waals surface area contributed by atoms with Crippen molar-refractivity contribution >= 4 is 5.82 Å². The van der Waals surface area contributed by atoms with Gasteiger partial charge in [0.2, 0.25) is 0 Å². The maximum atomic E-state index is 4.64. The number of rotatable bonds is 8. The molecule has 1 aromatic rings. The summed E-state index contributed by atoms with van der Waals surface area (Å²) in [5.41, 5.74) is 1.36. The predicted molar refractivity (Wildman–Crippen MR) is 84.0 cm³/mol. The molecule has 2 fully saturated rings. The average molecular weight is 273 g/mol. The summed E-state index contributed by atoms with van der Waals surface area (Å²) in [5, 5.41) is 3.49. The molecule has 110 valence electrons. The van der Waals surface area contributed by atoms with Crippen molar-refractivity contribution in [1.29, 1.82) is 0 Å². The van der Waals surface area contributed by atoms with Crippen LogP contribution in [0.2, 0.25) is 0 Å². The Labute approximate surface area is 122 Å². The van der Waals surface area contributed by atoms with Gasteiger partial charge < -0.3 is 10.2 Å². The van der Waals surface area contributed by atoms with Crippen molar-refractivity contribution < 1.29 is 0 Å². The first kappa shape index (κ1) is 13.9.